The number of carbonyl (C=O) groups is 2. The zero-order valence-electron chi connectivity index (χ0n) is 14.4. The number of ketones is 1. The number of carbonyl (C=O) groups excluding carboxylic acids is 2. The van der Waals surface area contributed by atoms with E-state index in [2.05, 4.69) is 0 Å². The summed E-state index contributed by atoms with van der Waals surface area (Å²) in [7, 11) is 1.46. The Bertz CT molecular complexity index is 928. The number of hydrogen-bond acceptors (Lipinski definition) is 6. The molecule has 6 heteroatoms. The SMILES string of the molecule is COc1cc(/C=C(\C#N)C(=O)c2ccoc2C)ccc1OC(=O)C1CC1. The second-order valence-corrected chi connectivity index (χ2v) is 6.00. The van der Waals surface area contributed by atoms with E-state index in [9.17, 15) is 14.9 Å². The normalized spacial score (nSPS) is 13.8. The second-order valence-electron chi connectivity index (χ2n) is 6.00. The van der Waals surface area contributed by atoms with E-state index in [1.54, 1.807) is 25.1 Å². The van der Waals surface area contributed by atoms with Crippen LogP contribution in [0.1, 0.15) is 34.5 Å². The monoisotopic (exact) mass is 351 g/mol. The van der Waals surface area contributed by atoms with E-state index in [-0.39, 0.29) is 17.5 Å². The van der Waals surface area contributed by atoms with Crippen molar-refractivity contribution in [3.8, 4) is 17.6 Å². The molecular weight excluding hydrogens is 334 g/mol. The van der Waals surface area contributed by atoms with Gasteiger partial charge in [0.1, 0.15) is 17.4 Å². The van der Waals surface area contributed by atoms with Crippen molar-refractivity contribution in [3.05, 3.63) is 53.0 Å². The summed E-state index contributed by atoms with van der Waals surface area (Å²) in [6.07, 6.45) is 4.57. The lowest BCUT2D eigenvalue weighted by molar-refractivity contribution is -0.135. The quantitative estimate of drug-likeness (QED) is 0.259. The van der Waals surface area contributed by atoms with Crippen molar-refractivity contribution in [1.29, 1.82) is 5.26 Å². The molecule has 132 valence electrons. The van der Waals surface area contributed by atoms with Crippen LogP contribution in [0, 0.1) is 24.2 Å². The van der Waals surface area contributed by atoms with Crippen LogP contribution < -0.4 is 9.47 Å². The predicted octanol–water partition coefficient (Wildman–Crippen LogP) is 3.70. The topological polar surface area (TPSA) is 89.5 Å². The number of ether oxygens (including phenoxy) is 2. The summed E-state index contributed by atoms with van der Waals surface area (Å²) >= 11 is 0. The van der Waals surface area contributed by atoms with E-state index in [4.69, 9.17) is 13.9 Å². The Morgan fingerprint density at radius 3 is 2.62 bits per heavy atom. The standard InChI is InChI=1S/C20H17NO5/c1-12-16(7-8-25-12)19(22)15(11-21)9-13-3-6-17(18(10-13)24-2)26-20(23)14-4-5-14/h3,6-10,14H,4-5H2,1-2H3/b15-9+. The average molecular weight is 351 g/mol. The van der Waals surface area contributed by atoms with E-state index < -0.39 is 5.78 Å². The van der Waals surface area contributed by atoms with Crippen molar-refractivity contribution >= 4 is 17.8 Å². The molecule has 6 nitrogen and oxygen atoms in total. The maximum Gasteiger partial charge on any atom is 0.314 e. The summed E-state index contributed by atoms with van der Waals surface area (Å²) < 4.78 is 15.7. The van der Waals surface area contributed by atoms with Gasteiger partial charge >= 0.3 is 5.97 Å². The first kappa shape index (κ1) is 17.5. The minimum Gasteiger partial charge on any atom is -0.493 e. The number of benzene rings is 1. The van der Waals surface area contributed by atoms with Crippen LogP contribution in [0.15, 0.2) is 40.5 Å². The fraction of sp³-hybridized carbons (Fsp3) is 0.250. The first-order chi connectivity index (χ1) is 12.5. The van der Waals surface area contributed by atoms with Crippen LogP contribution in [0.5, 0.6) is 11.5 Å². The average Bonchev–Trinajstić information content (AvgIpc) is 3.41. The van der Waals surface area contributed by atoms with Gasteiger partial charge in [-0.1, -0.05) is 6.07 Å². The van der Waals surface area contributed by atoms with Gasteiger partial charge in [-0.05, 0) is 49.6 Å². The van der Waals surface area contributed by atoms with Crippen molar-refractivity contribution in [1.82, 2.24) is 0 Å². The minimum absolute atomic E-state index is 0.0275. The summed E-state index contributed by atoms with van der Waals surface area (Å²) in [6.45, 7) is 1.66. The number of Topliss-reactive ketones (excluding diaryl/α,β-unsaturated/α-hetero) is 1. The molecule has 0 N–H and O–H groups in total. The van der Waals surface area contributed by atoms with Crippen molar-refractivity contribution in [3.63, 3.8) is 0 Å². The second kappa shape index (κ2) is 7.28. The third kappa shape index (κ3) is 3.67. The number of furan rings is 1. The molecular formula is C20H17NO5. The zero-order valence-corrected chi connectivity index (χ0v) is 14.4. The smallest absolute Gasteiger partial charge is 0.314 e. The van der Waals surface area contributed by atoms with Gasteiger partial charge in [0.05, 0.1) is 24.9 Å². The van der Waals surface area contributed by atoms with Crippen LogP contribution in [-0.2, 0) is 4.79 Å². The van der Waals surface area contributed by atoms with Gasteiger partial charge in [0.2, 0.25) is 5.78 Å². The lowest BCUT2D eigenvalue weighted by Gasteiger charge is -2.09. The highest BCUT2D eigenvalue weighted by Crippen LogP contribution is 2.34. The van der Waals surface area contributed by atoms with E-state index in [0.717, 1.165) is 12.8 Å². The Hall–Kier alpha value is -3.33. The number of nitrogens with zero attached hydrogens (tertiary/aromatic N) is 1. The van der Waals surface area contributed by atoms with Gasteiger partial charge in [-0.3, -0.25) is 9.59 Å². The molecule has 0 atom stereocenters. The van der Waals surface area contributed by atoms with Gasteiger partial charge in [0, 0.05) is 0 Å². The Morgan fingerprint density at radius 2 is 2.04 bits per heavy atom. The molecule has 0 amide bonds. The van der Waals surface area contributed by atoms with Crippen molar-refractivity contribution in [2.75, 3.05) is 7.11 Å². The largest absolute Gasteiger partial charge is 0.493 e. The van der Waals surface area contributed by atoms with Crippen LogP contribution >= 0.6 is 0 Å². The molecule has 0 spiro atoms. The highest BCUT2D eigenvalue weighted by atomic mass is 16.6. The Kier molecular flexibility index (Phi) is 4.90. The molecule has 1 aliphatic carbocycles. The Morgan fingerprint density at radius 1 is 1.27 bits per heavy atom. The number of esters is 1. The number of hydrogen-bond donors (Lipinski definition) is 0. The molecule has 26 heavy (non-hydrogen) atoms. The molecule has 1 saturated carbocycles. The van der Waals surface area contributed by atoms with Gasteiger partial charge in [0.25, 0.3) is 0 Å². The highest BCUT2D eigenvalue weighted by Gasteiger charge is 2.32. The molecule has 1 aromatic carbocycles. The van der Waals surface area contributed by atoms with Crippen LogP contribution in [0.4, 0.5) is 0 Å². The molecule has 0 unspecified atom stereocenters. The van der Waals surface area contributed by atoms with Crippen LogP contribution in [0.2, 0.25) is 0 Å². The van der Waals surface area contributed by atoms with E-state index >= 15 is 0 Å². The first-order valence-corrected chi connectivity index (χ1v) is 8.13. The molecule has 1 fully saturated rings. The van der Waals surface area contributed by atoms with Crippen molar-refractivity contribution < 1.29 is 23.5 Å². The third-order valence-corrected chi connectivity index (χ3v) is 4.09. The molecule has 0 bridgehead atoms. The summed E-state index contributed by atoms with van der Waals surface area (Å²) in [6, 6.07) is 8.31. The molecule has 3 rings (SSSR count). The summed E-state index contributed by atoms with van der Waals surface area (Å²) in [5.41, 5.74) is 0.901. The molecule has 1 aliphatic rings. The lowest BCUT2D eigenvalue weighted by Crippen LogP contribution is -2.10. The summed E-state index contributed by atoms with van der Waals surface area (Å²) in [4.78, 5) is 24.3. The van der Waals surface area contributed by atoms with E-state index in [1.807, 2.05) is 6.07 Å². The molecule has 0 saturated heterocycles. The van der Waals surface area contributed by atoms with Crippen molar-refractivity contribution in [2.45, 2.75) is 19.8 Å². The van der Waals surface area contributed by atoms with Gasteiger partial charge in [-0.2, -0.15) is 5.26 Å². The van der Waals surface area contributed by atoms with Gasteiger partial charge in [-0.25, -0.2) is 0 Å². The maximum atomic E-state index is 12.5. The number of allylic oxidation sites excluding steroid dienone is 1. The Balaban J connectivity index is 1.86. The molecule has 1 aromatic heterocycles. The van der Waals surface area contributed by atoms with Crippen LogP contribution in [-0.4, -0.2) is 18.9 Å². The number of nitriles is 1. The fourth-order valence-corrected chi connectivity index (χ4v) is 2.45. The Labute approximate surface area is 150 Å². The molecule has 1 heterocycles. The molecule has 2 aromatic rings. The van der Waals surface area contributed by atoms with Crippen LogP contribution in [0.25, 0.3) is 6.08 Å². The first-order valence-electron chi connectivity index (χ1n) is 8.13. The third-order valence-electron chi connectivity index (χ3n) is 4.09. The van der Waals surface area contributed by atoms with Gasteiger partial charge < -0.3 is 13.9 Å². The fourth-order valence-electron chi connectivity index (χ4n) is 2.45. The van der Waals surface area contributed by atoms with E-state index in [1.165, 1.54) is 25.5 Å². The minimum atomic E-state index is -0.415. The molecule has 0 radical (unpaired) electrons. The lowest BCUT2D eigenvalue weighted by atomic mass is 10.0. The van der Waals surface area contributed by atoms with Crippen molar-refractivity contribution in [2.24, 2.45) is 5.92 Å². The molecule has 0 aliphatic heterocycles. The van der Waals surface area contributed by atoms with Crippen LogP contribution in [0.3, 0.4) is 0 Å². The number of rotatable bonds is 6. The van der Waals surface area contributed by atoms with Gasteiger partial charge in [-0.15, -0.1) is 0 Å². The number of methoxy groups -OCH3 is 1. The van der Waals surface area contributed by atoms with E-state index in [0.29, 0.717) is 28.4 Å². The summed E-state index contributed by atoms with van der Waals surface area (Å²) in [5.74, 6) is 0.419. The zero-order chi connectivity index (χ0) is 18.7. The van der Waals surface area contributed by atoms with Gasteiger partial charge in [0.15, 0.2) is 11.5 Å². The summed E-state index contributed by atoms with van der Waals surface area (Å²) in [5, 5.41) is 9.35. The highest BCUT2D eigenvalue weighted by molar-refractivity contribution is 6.14. The predicted molar refractivity (Wildman–Crippen MR) is 92.7 cm³/mol. The maximum absolute atomic E-state index is 12.5. The number of aryl methyl sites for hydroxylation is 1.